The molecule has 0 aliphatic rings. The largest absolute Gasteiger partial charge is 0.453 e. The van der Waals surface area contributed by atoms with Crippen LogP contribution in [0.3, 0.4) is 0 Å². The van der Waals surface area contributed by atoms with E-state index in [-0.39, 0.29) is 5.57 Å². The Balaban J connectivity index is 4.54. The molecule has 0 spiro atoms. The van der Waals surface area contributed by atoms with Crippen molar-refractivity contribution in [2.45, 2.75) is 32.4 Å². The van der Waals surface area contributed by atoms with Crippen molar-refractivity contribution in [3.63, 3.8) is 0 Å². The molecule has 2 nitrogen and oxygen atoms in total. The van der Waals surface area contributed by atoms with Crippen molar-refractivity contribution in [3.05, 3.63) is 24.0 Å². The molecule has 0 aromatic heterocycles. The van der Waals surface area contributed by atoms with Crippen LogP contribution >= 0.6 is 0 Å². The SMILES string of the molecule is C=C(CC(F)(F)C(F)(F)F)OC(=O)C(C)=CC. The fraction of sp³-hybridized carbons (Fsp3) is 0.500. The highest BCUT2D eigenvalue weighted by molar-refractivity contribution is 5.88. The van der Waals surface area contributed by atoms with Crippen LogP contribution in [0.1, 0.15) is 20.3 Å². The zero-order chi connectivity index (χ0) is 13.9. The van der Waals surface area contributed by atoms with Gasteiger partial charge in [0, 0.05) is 5.57 Å². The van der Waals surface area contributed by atoms with Crippen molar-refractivity contribution < 1.29 is 31.5 Å². The highest BCUT2D eigenvalue weighted by Crippen LogP contribution is 2.39. The summed E-state index contributed by atoms with van der Waals surface area (Å²) >= 11 is 0. The Hall–Kier alpha value is -1.40. The number of carbonyl (C=O) groups is 1. The summed E-state index contributed by atoms with van der Waals surface area (Å²) in [5, 5.41) is 0. The smallest absolute Gasteiger partial charge is 0.428 e. The highest BCUT2D eigenvalue weighted by Gasteiger charge is 2.57. The molecule has 0 atom stereocenters. The first-order valence-corrected chi connectivity index (χ1v) is 4.48. The molecule has 0 N–H and O–H groups in total. The number of ether oxygens (including phenoxy) is 1. The van der Waals surface area contributed by atoms with Gasteiger partial charge >= 0.3 is 18.1 Å². The number of halogens is 5. The Labute approximate surface area is 94.7 Å². The van der Waals surface area contributed by atoms with Crippen LogP contribution in [0, 0.1) is 0 Å². The first-order valence-electron chi connectivity index (χ1n) is 4.48. The van der Waals surface area contributed by atoms with Gasteiger partial charge in [0.1, 0.15) is 5.76 Å². The summed E-state index contributed by atoms with van der Waals surface area (Å²) in [4.78, 5) is 11.0. The van der Waals surface area contributed by atoms with E-state index in [4.69, 9.17) is 0 Å². The van der Waals surface area contributed by atoms with Crippen molar-refractivity contribution >= 4 is 5.97 Å². The van der Waals surface area contributed by atoms with E-state index in [0.717, 1.165) is 0 Å². The Bertz CT molecular complexity index is 341. The third-order valence-electron chi connectivity index (χ3n) is 1.83. The summed E-state index contributed by atoms with van der Waals surface area (Å²) in [5.74, 6) is -6.90. The molecule has 0 rings (SSSR count). The average Bonchev–Trinajstić information content (AvgIpc) is 2.13. The second kappa shape index (κ2) is 5.29. The second-order valence-electron chi connectivity index (χ2n) is 3.28. The molecular weight excluding hydrogens is 247 g/mol. The van der Waals surface area contributed by atoms with Crippen LogP contribution < -0.4 is 0 Å². The quantitative estimate of drug-likeness (QED) is 0.333. The number of esters is 1. The van der Waals surface area contributed by atoms with Gasteiger partial charge in [-0.25, -0.2) is 4.79 Å². The lowest BCUT2D eigenvalue weighted by atomic mass is 10.2. The lowest BCUT2D eigenvalue weighted by molar-refractivity contribution is -0.283. The van der Waals surface area contributed by atoms with Crippen LogP contribution in [0.2, 0.25) is 0 Å². The zero-order valence-corrected chi connectivity index (χ0v) is 9.20. The van der Waals surface area contributed by atoms with Gasteiger partial charge < -0.3 is 4.74 Å². The van der Waals surface area contributed by atoms with Crippen molar-refractivity contribution in [3.8, 4) is 0 Å². The van der Waals surface area contributed by atoms with E-state index in [1.54, 1.807) is 0 Å². The van der Waals surface area contributed by atoms with Gasteiger partial charge in [-0.05, 0) is 13.8 Å². The summed E-state index contributed by atoms with van der Waals surface area (Å²) in [6.07, 6.45) is -6.14. The molecule has 17 heavy (non-hydrogen) atoms. The maximum absolute atomic E-state index is 12.5. The molecule has 0 aliphatic carbocycles. The molecule has 0 unspecified atom stereocenters. The van der Waals surface area contributed by atoms with Gasteiger partial charge in [0.05, 0.1) is 6.42 Å². The number of hydrogen-bond acceptors (Lipinski definition) is 2. The van der Waals surface area contributed by atoms with Crippen LogP contribution in [0.4, 0.5) is 22.0 Å². The van der Waals surface area contributed by atoms with E-state index in [9.17, 15) is 26.7 Å². The minimum atomic E-state index is -5.70. The third kappa shape index (κ3) is 4.54. The molecule has 0 fully saturated rings. The molecule has 0 aromatic rings. The summed E-state index contributed by atoms with van der Waals surface area (Å²) in [6, 6.07) is 0. The van der Waals surface area contributed by atoms with Gasteiger partial charge in [0.25, 0.3) is 0 Å². The Morgan fingerprint density at radius 1 is 1.29 bits per heavy atom. The van der Waals surface area contributed by atoms with Crippen molar-refractivity contribution in [1.29, 1.82) is 0 Å². The van der Waals surface area contributed by atoms with E-state index >= 15 is 0 Å². The lowest BCUT2D eigenvalue weighted by Gasteiger charge is -2.20. The lowest BCUT2D eigenvalue weighted by Crippen LogP contribution is -2.37. The first kappa shape index (κ1) is 15.6. The molecule has 0 aromatic carbocycles. The number of hydrogen-bond donors (Lipinski definition) is 0. The first-order chi connectivity index (χ1) is 7.51. The van der Waals surface area contributed by atoms with E-state index in [1.807, 2.05) is 0 Å². The van der Waals surface area contributed by atoms with Crippen molar-refractivity contribution in [2.24, 2.45) is 0 Å². The van der Waals surface area contributed by atoms with E-state index < -0.39 is 30.2 Å². The van der Waals surface area contributed by atoms with Crippen molar-refractivity contribution in [1.82, 2.24) is 0 Å². The molecule has 0 radical (unpaired) electrons. The number of alkyl halides is 5. The van der Waals surface area contributed by atoms with Crippen LogP contribution in [0.25, 0.3) is 0 Å². The van der Waals surface area contributed by atoms with E-state index in [0.29, 0.717) is 0 Å². The third-order valence-corrected chi connectivity index (χ3v) is 1.83. The molecule has 7 heteroatoms. The van der Waals surface area contributed by atoms with Crippen LogP contribution in [-0.4, -0.2) is 18.1 Å². The van der Waals surface area contributed by atoms with Gasteiger partial charge in [-0.1, -0.05) is 12.7 Å². The maximum Gasteiger partial charge on any atom is 0.453 e. The van der Waals surface area contributed by atoms with Crippen LogP contribution in [0.15, 0.2) is 24.0 Å². The van der Waals surface area contributed by atoms with Gasteiger partial charge in [-0.3, -0.25) is 0 Å². The average molecular weight is 258 g/mol. The van der Waals surface area contributed by atoms with Crippen LogP contribution in [0.5, 0.6) is 0 Å². The van der Waals surface area contributed by atoms with Gasteiger partial charge in [-0.2, -0.15) is 22.0 Å². The molecule has 0 bridgehead atoms. The van der Waals surface area contributed by atoms with Gasteiger partial charge in [0.15, 0.2) is 0 Å². The standard InChI is InChI=1S/C10H11F5O2/c1-4-6(2)8(16)17-7(3)5-9(11,12)10(13,14)15/h4H,3,5H2,1-2H3. The van der Waals surface area contributed by atoms with E-state index in [1.165, 1.54) is 19.9 Å². The molecular formula is C10H11F5O2. The number of allylic oxidation sites excluding steroid dienone is 2. The predicted octanol–water partition coefficient (Wildman–Crippen LogP) is 3.60. The molecule has 0 amide bonds. The topological polar surface area (TPSA) is 26.3 Å². The van der Waals surface area contributed by atoms with Gasteiger partial charge in [-0.15, -0.1) is 0 Å². The molecule has 0 heterocycles. The summed E-state index contributed by atoms with van der Waals surface area (Å²) in [6.45, 7) is 5.68. The van der Waals surface area contributed by atoms with E-state index in [2.05, 4.69) is 11.3 Å². The fourth-order valence-electron chi connectivity index (χ4n) is 0.713. The second-order valence-corrected chi connectivity index (χ2v) is 3.28. The summed E-state index contributed by atoms with van der Waals surface area (Å²) in [5.41, 5.74) is 0.0847. The Morgan fingerprint density at radius 3 is 2.12 bits per heavy atom. The normalized spacial score (nSPS) is 13.5. The summed E-state index contributed by atoms with van der Waals surface area (Å²) in [7, 11) is 0. The molecule has 0 saturated heterocycles. The Kier molecular flexibility index (Phi) is 4.85. The minimum absolute atomic E-state index is 0.0847. The predicted molar refractivity (Wildman–Crippen MR) is 50.3 cm³/mol. The van der Waals surface area contributed by atoms with Gasteiger partial charge in [0.2, 0.25) is 0 Å². The number of rotatable bonds is 4. The molecule has 0 aliphatic heterocycles. The maximum atomic E-state index is 12.5. The van der Waals surface area contributed by atoms with Crippen LogP contribution in [-0.2, 0) is 9.53 Å². The highest BCUT2D eigenvalue weighted by atomic mass is 19.4. The zero-order valence-electron chi connectivity index (χ0n) is 9.20. The summed E-state index contributed by atoms with van der Waals surface area (Å²) < 4.78 is 64.7. The fourth-order valence-corrected chi connectivity index (χ4v) is 0.713. The monoisotopic (exact) mass is 258 g/mol. The van der Waals surface area contributed by atoms with Crippen molar-refractivity contribution in [2.75, 3.05) is 0 Å². The number of carbonyl (C=O) groups excluding carboxylic acids is 1. The molecule has 98 valence electrons. The molecule has 0 saturated carbocycles. The minimum Gasteiger partial charge on any atom is -0.428 e. The Morgan fingerprint density at radius 2 is 1.76 bits per heavy atom.